The van der Waals surface area contributed by atoms with Crippen LogP contribution in [0.25, 0.3) is 0 Å². The number of primary amides is 1. The Hall–Kier alpha value is -2.69. The van der Waals surface area contributed by atoms with Crippen LogP contribution < -0.4 is 11.1 Å². The topological polar surface area (TPSA) is 85.1 Å². The highest BCUT2D eigenvalue weighted by atomic mass is 16.2. The van der Waals surface area contributed by atoms with Crippen LogP contribution in [0, 0.1) is 13.8 Å². The average Bonchev–Trinajstić information content (AvgIpc) is 2.50. The summed E-state index contributed by atoms with van der Waals surface area (Å²) in [5.41, 5.74) is 9.01. The number of nitrogens with one attached hydrogen (secondary N) is 1. The molecule has 2 amide bonds. The summed E-state index contributed by atoms with van der Waals surface area (Å²) in [5.74, 6) is -0.914. The monoisotopic (exact) mass is 297 g/mol. The lowest BCUT2D eigenvalue weighted by molar-refractivity contribution is -0.119. The maximum atomic E-state index is 12.2. The molecule has 114 valence electrons. The third-order valence-electron chi connectivity index (χ3n) is 3.63. The van der Waals surface area contributed by atoms with Crippen LogP contribution >= 0.6 is 0 Å². The molecular weight excluding hydrogens is 278 g/mol. The van der Waals surface area contributed by atoms with Gasteiger partial charge in [-0.25, -0.2) is 0 Å². The Bertz CT molecular complexity index is 663. The number of amides is 2. The van der Waals surface area contributed by atoms with E-state index in [0.29, 0.717) is 12.0 Å². The van der Waals surface area contributed by atoms with E-state index >= 15 is 0 Å². The van der Waals surface area contributed by atoms with E-state index in [9.17, 15) is 9.59 Å². The molecule has 22 heavy (non-hydrogen) atoms. The molecule has 0 aliphatic carbocycles. The van der Waals surface area contributed by atoms with E-state index < -0.39 is 11.9 Å². The van der Waals surface area contributed by atoms with Gasteiger partial charge in [0.2, 0.25) is 5.91 Å². The zero-order chi connectivity index (χ0) is 16.1. The minimum absolute atomic E-state index is 0.358. The fraction of sp³-hybridized carbons (Fsp3) is 0.235. The number of hydrogen-bond acceptors (Lipinski definition) is 3. The van der Waals surface area contributed by atoms with E-state index in [1.807, 2.05) is 32.0 Å². The Morgan fingerprint density at radius 2 is 1.86 bits per heavy atom. The highest BCUT2D eigenvalue weighted by Crippen LogP contribution is 2.15. The fourth-order valence-corrected chi connectivity index (χ4v) is 2.34. The smallest absolute Gasteiger partial charge is 0.253 e. The maximum Gasteiger partial charge on any atom is 0.253 e. The highest BCUT2D eigenvalue weighted by Gasteiger charge is 2.21. The lowest BCUT2D eigenvalue weighted by Crippen LogP contribution is -2.46. The molecule has 0 radical (unpaired) electrons. The summed E-state index contributed by atoms with van der Waals surface area (Å²) in [6.45, 7) is 3.95. The van der Waals surface area contributed by atoms with E-state index in [1.165, 1.54) is 6.20 Å². The van der Waals surface area contributed by atoms with Gasteiger partial charge in [0.15, 0.2) is 0 Å². The van der Waals surface area contributed by atoms with Gasteiger partial charge in [-0.05, 0) is 42.7 Å². The molecule has 0 bridgehead atoms. The van der Waals surface area contributed by atoms with Crippen molar-refractivity contribution in [2.24, 2.45) is 5.73 Å². The minimum Gasteiger partial charge on any atom is -0.368 e. The number of pyridine rings is 1. The number of rotatable bonds is 5. The van der Waals surface area contributed by atoms with Crippen molar-refractivity contribution in [3.8, 4) is 0 Å². The summed E-state index contributed by atoms with van der Waals surface area (Å²) in [6.07, 6.45) is 3.41. The number of nitrogens with zero attached hydrogens (tertiary/aromatic N) is 1. The second-order valence-electron chi connectivity index (χ2n) is 5.24. The quantitative estimate of drug-likeness (QED) is 0.877. The number of carbonyl (C=O) groups excluding carboxylic acids is 2. The van der Waals surface area contributed by atoms with Gasteiger partial charge in [-0.3, -0.25) is 14.6 Å². The lowest BCUT2D eigenvalue weighted by Gasteiger charge is -2.18. The molecule has 3 N–H and O–H groups in total. The molecule has 0 saturated carbocycles. The lowest BCUT2D eigenvalue weighted by atomic mass is 9.96. The number of benzene rings is 1. The molecule has 0 aliphatic rings. The van der Waals surface area contributed by atoms with Crippen LogP contribution in [0.2, 0.25) is 0 Å². The van der Waals surface area contributed by atoms with E-state index in [1.54, 1.807) is 18.3 Å². The van der Waals surface area contributed by atoms with Crippen molar-refractivity contribution in [1.29, 1.82) is 0 Å². The first kappa shape index (κ1) is 15.7. The molecule has 2 aromatic rings. The van der Waals surface area contributed by atoms with Crippen LogP contribution in [0.1, 0.15) is 27.0 Å². The van der Waals surface area contributed by atoms with Crippen molar-refractivity contribution in [2.75, 3.05) is 0 Å². The molecule has 0 unspecified atom stereocenters. The molecule has 5 heteroatoms. The standard InChI is InChI=1S/C17H19N3O2/c1-11-5-3-6-12(2)14(11)9-15(16(18)21)20-17(22)13-7-4-8-19-10-13/h3-8,10,15H,9H2,1-2H3,(H2,18,21)(H,20,22)/t15-/m1/s1. The normalized spacial score (nSPS) is 11.7. The van der Waals surface area contributed by atoms with Crippen LogP contribution in [0.4, 0.5) is 0 Å². The van der Waals surface area contributed by atoms with Gasteiger partial charge in [0, 0.05) is 18.8 Å². The summed E-state index contributed by atoms with van der Waals surface area (Å²) in [6, 6.07) is 8.46. The maximum absolute atomic E-state index is 12.2. The molecule has 2 rings (SSSR count). The van der Waals surface area contributed by atoms with Crippen LogP contribution in [-0.4, -0.2) is 22.8 Å². The largest absolute Gasteiger partial charge is 0.368 e. The molecule has 0 aliphatic heterocycles. The number of carbonyl (C=O) groups is 2. The summed E-state index contributed by atoms with van der Waals surface area (Å²) < 4.78 is 0. The van der Waals surface area contributed by atoms with Crippen molar-refractivity contribution in [3.63, 3.8) is 0 Å². The summed E-state index contributed by atoms with van der Waals surface area (Å²) in [7, 11) is 0. The van der Waals surface area contributed by atoms with Gasteiger partial charge in [0.05, 0.1) is 5.56 Å². The molecule has 5 nitrogen and oxygen atoms in total. The zero-order valence-corrected chi connectivity index (χ0v) is 12.7. The molecule has 1 atom stereocenters. The van der Waals surface area contributed by atoms with Crippen LogP contribution in [0.5, 0.6) is 0 Å². The molecular formula is C17H19N3O2. The molecule has 0 fully saturated rings. The fourth-order valence-electron chi connectivity index (χ4n) is 2.34. The van der Waals surface area contributed by atoms with Crippen molar-refractivity contribution >= 4 is 11.8 Å². The minimum atomic E-state index is -0.757. The zero-order valence-electron chi connectivity index (χ0n) is 12.7. The van der Waals surface area contributed by atoms with Crippen molar-refractivity contribution in [2.45, 2.75) is 26.3 Å². The molecule has 0 saturated heterocycles. The predicted octanol–water partition coefficient (Wildman–Crippen LogP) is 1.52. The molecule has 1 aromatic carbocycles. The number of hydrogen-bond donors (Lipinski definition) is 2. The SMILES string of the molecule is Cc1cccc(C)c1C[C@@H](NC(=O)c1cccnc1)C(N)=O. The first-order chi connectivity index (χ1) is 10.5. The average molecular weight is 297 g/mol. The summed E-state index contributed by atoms with van der Waals surface area (Å²) in [4.78, 5) is 27.7. The summed E-state index contributed by atoms with van der Waals surface area (Å²) >= 11 is 0. The van der Waals surface area contributed by atoms with Crippen LogP contribution in [0.3, 0.4) is 0 Å². The van der Waals surface area contributed by atoms with Gasteiger partial charge >= 0.3 is 0 Å². The van der Waals surface area contributed by atoms with Gasteiger partial charge in [-0.2, -0.15) is 0 Å². The second-order valence-corrected chi connectivity index (χ2v) is 5.24. The van der Waals surface area contributed by atoms with E-state index in [-0.39, 0.29) is 5.91 Å². The first-order valence-electron chi connectivity index (χ1n) is 7.04. The van der Waals surface area contributed by atoms with Gasteiger partial charge < -0.3 is 11.1 Å². The van der Waals surface area contributed by atoms with Crippen LogP contribution in [-0.2, 0) is 11.2 Å². The molecule has 1 aromatic heterocycles. The molecule has 1 heterocycles. The van der Waals surface area contributed by atoms with Gasteiger partial charge in [-0.1, -0.05) is 18.2 Å². The van der Waals surface area contributed by atoms with E-state index in [4.69, 9.17) is 5.73 Å². The number of aromatic nitrogens is 1. The van der Waals surface area contributed by atoms with E-state index in [0.717, 1.165) is 16.7 Å². The van der Waals surface area contributed by atoms with Gasteiger partial charge in [-0.15, -0.1) is 0 Å². The third-order valence-corrected chi connectivity index (χ3v) is 3.63. The van der Waals surface area contributed by atoms with Crippen molar-refractivity contribution in [1.82, 2.24) is 10.3 Å². The second kappa shape index (κ2) is 6.85. The highest BCUT2D eigenvalue weighted by molar-refractivity contribution is 5.97. The Morgan fingerprint density at radius 3 is 2.41 bits per heavy atom. The van der Waals surface area contributed by atoms with Gasteiger partial charge in [0.1, 0.15) is 6.04 Å². The molecule has 0 spiro atoms. The van der Waals surface area contributed by atoms with Crippen LogP contribution in [0.15, 0.2) is 42.7 Å². The Balaban J connectivity index is 2.18. The van der Waals surface area contributed by atoms with Gasteiger partial charge in [0.25, 0.3) is 5.91 Å². The number of aryl methyl sites for hydroxylation is 2. The van der Waals surface area contributed by atoms with E-state index in [2.05, 4.69) is 10.3 Å². The van der Waals surface area contributed by atoms with Crippen molar-refractivity contribution in [3.05, 3.63) is 65.0 Å². The predicted molar refractivity (Wildman–Crippen MR) is 84.3 cm³/mol. The number of nitrogens with two attached hydrogens (primary N) is 1. The summed E-state index contributed by atoms with van der Waals surface area (Å²) in [5, 5.41) is 2.68. The van der Waals surface area contributed by atoms with Crippen molar-refractivity contribution < 1.29 is 9.59 Å². The first-order valence-corrected chi connectivity index (χ1v) is 7.04. The Labute approximate surface area is 129 Å². The Morgan fingerprint density at radius 1 is 1.18 bits per heavy atom. The Kier molecular flexibility index (Phi) is 4.88. The third kappa shape index (κ3) is 3.69.